The summed E-state index contributed by atoms with van der Waals surface area (Å²) in [5.74, 6) is 0.242. The Morgan fingerprint density at radius 1 is 1.50 bits per heavy atom. The van der Waals surface area contributed by atoms with E-state index in [-0.39, 0.29) is 17.4 Å². The molecule has 18 heavy (non-hydrogen) atoms. The monoisotopic (exact) mass is 255 g/mol. The van der Waals surface area contributed by atoms with Gasteiger partial charge in [0, 0.05) is 19.1 Å². The Hall–Kier alpha value is -0.610. The van der Waals surface area contributed by atoms with Crippen molar-refractivity contribution in [1.29, 1.82) is 0 Å². The zero-order valence-corrected chi connectivity index (χ0v) is 12.4. The molecule has 4 nitrogen and oxygen atoms in total. The van der Waals surface area contributed by atoms with Crippen LogP contribution in [0.1, 0.15) is 39.5 Å². The standard InChI is InChI=1S/C14H29N3O/c1-5-7-14(8-6-9-15-11-14)13(18)16-12(2)10-17(3)4/h12,15H,5-11H2,1-4H3,(H,16,18). The van der Waals surface area contributed by atoms with Gasteiger partial charge in [-0.25, -0.2) is 0 Å². The Labute approximate surface area is 111 Å². The van der Waals surface area contributed by atoms with Crippen molar-refractivity contribution in [2.24, 2.45) is 5.41 Å². The molecule has 1 aliphatic rings. The minimum atomic E-state index is -0.173. The maximum atomic E-state index is 12.5. The van der Waals surface area contributed by atoms with Gasteiger partial charge in [0.2, 0.25) is 5.91 Å². The fourth-order valence-corrected chi connectivity index (χ4v) is 2.94. The smallest absolute Gasteiger partial charge is 0.227 e. The Morgan fingerprint density at radius 3 is 2.72 bits per heavy atom. The van der Waals surface area contributed by atoms with Gasteiger partial charge in [-0.2, -0.15) is 0 Å². The van der Waals surface area contributed by atoms with Crippen LogP contribution in [0.25, 0.3) is 0 Å². The van der Waals surface area contributed by atoms with Gasteiger partial charge in [-0.1, -0.05) is 13.3 Å². The lowest BCUT2D eigenvalue weighted by Crippen LogP contribution is -2.53. The van der Waals surface area contributed by atoms with E-state index in [0.717, 1.165) is 45.3 Å². The van der Waals surface area contributed by atoms with Gasteiger partial charge in [0.25, 0.3) is 0 Å². The minimum absolute atomic E-state index is 0.173. The Bertz CT molecular complexity index is 254. The average molecular weight is 255 g/mol. The first kappa shape index (κ1) is 15.4. The van der Waals surface area contributed by atoms with E-state index in [0.29, 0.717) is 0 Å². The van der Waals surface area contributed by atoms with E-state index in [4.69, 9.17) is 0 Å². The number of likely N-dealkylation sites (N-methyl/N-ethyl adjacent to an activating group) is 1. The Kier molecular flexibility index (Phi) is 6.09. The molecule has 1 fully saturated rings. The normalized spacial score (nSPS) is 26.1. The molecule has 1 amide bonds. The quantitative estimate of drug-likeness (QED) is 0.750. The summed E-state index contributed by atoms with van der Waals surface area (Å²) in [4.78, 5) is 14.6. The third-order valence-electron chi connectivity index (χ3n) is 3.70. The highest BCUT2D eigenvalue weighted by Crippen LogP contribution is 2.31. The van der Waals surface area contributed by atoms with Gasteiger partial charge in [-0.15, -0.1) is 0 Å². The second-order valence-corrected chi connectivity index (χ2v) is 5.95. The molecule has 0 aliphatic carbocycles. The molecule has 0 spiro atoms. The van der Waals surface area contributed by atoms with Crippen LogP contribution in [0.2, 0.25) is 0 Å². The maximum Gasteiger partial charge on any atom is 0.227 e. The van der Waals surface area contributed by atoms with Crippen LogP contribution in [0.4, 0.5) is 0 Å². The SMILES string of the molecule is CCCC1(C(=O)NC(C)CN(C)C)CCCNC1. The van der Waals surface area contributed by atoms with Gasteiger partial charge < -0.3 is 15.5 Å². The molecule has 0 aromatic rings. The highest BCUT2D eigenvalue weighted by molar-refractivity contribution is 5.83. The summed E-state index contributed by atoms with van der Waals surface area (Å²) >= 11 is 0. The molecule has 0 aromatic heterocycles. The highest BCUT2D eigenvalue weighted by atomic mass is 16.2. The maximum absolute atomic E-state index is 12.5. The third kappa shape index (κ3) is 4.25. The fourth-order valence-electron chi connectivity index (χ4n) is 2.94. The van der Waals surface area contributed by atoms with Crippen LogP contribution < -0.4 is 10.6 Å². The van der Waals surface area contributed by atoms with Crippen LogP contribution in [0, 0.1) is 5.41 Å². The zero-order valence-electron chi connectivity index (χ0n) is 12.4. The number of carbonyl (C=O) groups is 1. The van der Waals surface area contributed by atoms with E-state index < -0.39 is 0 Å². The molecule has 2 atom stereocenters. The Morgan fingerprint density at radius 2 is 2.22 bits per heavy atom. The summed E-state index contributed by atoms with van der Waals surface area (Å²) in [5.41, 5.74) is -0.173. The number of piperidine rings is 1. The van der Waals surface area contributed by atoms with Crippen molar-refractivity contribution < 1.29 is 4.79 Å². The van der Waals surface area contributed by atoms with Gasteiger partial charge in [-0.05, 0) is 46.8 Å². The number of rotatable bonds is 6. The van der Waals surface area contributed by atoms with E-state index in [2.05, 4.69) is 29.4 Å². The summed E-state index contributed by atoms with van der Waals surface area (Å²) in [6, 6.07) is 0.211. The zero-order chi connectivity index (χ0) is 13.6. The molecule has 1 saturated heterocycles. The summed E-state index contributed by atoms with van der Waals surface area (Å²) in [6.07, 6.45) is 4.18. The van der Waals surface area contributed by atoms with E-state index in [1.807, 2.05) is 14.1 Å². The van der Waals surface area contributed by atoms with Crippen LogP contribution in [0.3, 0.4) is 0 Å². The minimum Gasteiger partial charge on any atom is -0.352 e. The van der Waals surface area contributed by atoms with Crippen molar-refractivity contribution in [1.82, 2.24) is 15.5 Å². The number of carbonyl (C=O) groups excluding carboxylic acids is 1. The lowest BCUT2D eigenvalue weighted by Gasteiger charge is -2.37. The van der Waals surface area contributed by atoms with Crippen molar-refractivity contribution in [3.63, 3.8) is 0 Å². The molecule has 0 saturated carbocycles. The van der Waals surface area contributed by atoms with E-state index in [1.165, 1.54) is 0 Å². The molecule has 0 bridgehead atoms. The average Bonchev–Trinajstić information content (AvgIpc) is 2.29. The van der Waals surface area contributed by atoms with Crippen molar-refractivity contribution >= 4 is 5.91 Å². The van der Waals surface area contributed by atoms with Crippen LogP contribution in [0.15, 0.2) is 0 Å². The van der Waals surface area contributed by atoms with Crippen LogP contribution in [0.5, 0.6) is 0 Å². The predicted octanol–water partition coefficient (Wildman–Crippen LogP) is 1.22. The first-order valence-corrected chi connectivity index (χ1v) is 7.16. The van der Waals surface area contributed by atoms with E-state index >= 15 is 0 Å². The lowest BCUT2D eigenvalue weighted by molar-refractivity contribution is -0.133. The van der Waals surface area contributed by atoms with Gasteiger partial charge in [0.15, 0.2) is 0 Å². The highest BCUT2D eigenvalue weighted by Gasteiger charge is 2.38. The van der Waals surface area contributed by atoms with Gasteiger partial charge in [-0.3, -0.25) is 4.79 Å². The fraction of sp³-hybridized carbons (Fsp3) is 0.929. The predicted molar refractivity (Wildman–Crippen MR) is 75.6 cm³/mol. The van der Waals surface area contributed by atoms with Crippen LogP contribution in [-0.4, -0.2) is 50.6 Å². The summed E-state index contributed by atoms with van der Waals surface area (Å²) in [7, 11) is 4.07. The largest absolute Gasteiger partial charge is 0.352 e. The number of hydrogen-bond acceptors (Lipinski definition) is 3. The van der Waals surface area contributed by atoms with Gasteiger partial charge in [0.05, 0.1) is 5.41 Å². The number of nitrogens with one attached hydrogen (secondary N) is 2. The molecule has 0 aromatic carbocycles. The summed E-state index contributed by atoms with van der Waals surface area (Å²) in [5, 5.41) is 6.57. The third-order valence-corrected chi connectivity index (χ3v) is 3.70. The molecule has 1 heterocycles. The van der Waals surface area contributed by atoms with Crippen molar-refractivity contribution in [3.8, 4) is 0 Å². The lowest BCUT2D eigenvalue weighted by atomic mass is 9.76. The molecule has 0 radical (unpaired) electrons. The number of hydrogen-bond donors (Lipinski definition) is 2. The van der Waals surface area contributed by atoms with Gasteiger partial charge in [0.1, 0.15) is 0 Å². The molecular formula is C14H29N3O. The Balaban J connectivity index is 2.59. The molecule has 2 unspecified atom stereocenters. The molecule has 1 aliphatic heterocycles. The first-order valence-electron chi connectivity index (χ1n) is 7.16. The summed E-state index contributed by atoms with van der Waals surface area (Å²) < 4.78 is 0. The number of nitrogens with zero attached hydrogens (tertiary/aromatic N) is 1. The second kappa shape index (κ2) is 7.10. The van der Waals surface area contributed by atoms with Crippen molar-refractivity contribution in [2.75, 3.05) is 33.7 Å². The molecule has 1 rings (SSSR count). The molecule has 4 heteroatoms. The molecule has 106 valence electrons. The topological polar surface area (TPSA) is 44.4 Å². The van der Waals surface area contributed by atoms with Crippen LogP contribution in [-0.2, 0) is 4.79 Å². The molecule has 2 N–H and O–H groups in total. The summed E-state index contributed by atoms with van der Waals surface area (Å²) in [6.45, 7) is 7.01. The van der Waals surface area contributed by atoms with Gasteiger partial charge >= 0.3 is 0 Å². The van der Waals surface area contributed by atoms with Crippen LogP contribution >= 0.6 is 0 Å². The van der Waals surface area contributed by atoms with Crippen molar-refractivity contribution in [3.05, 3.63) is 0 Å². The molecular weight excluding hydrogens is 226 g/mol. The second-order valence-electron chi connectivity index (χ2n) is 5.95. The number of amides is 1. The first-order chi connectivity index (χ1) is 8.50. The van der Waals surface area contributed by atoms with E-state index in [9.17, 15) is 4.79 Å². The van der Waals surface area contributed by atoms with Crippen molar-refractivity contribution in [2.45, 2.75) is 45.6 Å². The van der Waals surface area contributed by atoms with E-state index in [1.54, 1.807) is 0 Å².